The molecule has 2 rings (SSSR count). The van der Waals surface area contributed by atoms with E-state index in [2.05, 4.69) is 0 Å². The first-order valence-electron chi connectivity index (χ1n) is 6.87. The normalized spacial score (nSPS) is 20.8. The van der Waals surface area contributed by atoms with Gasteiger partial charge in [-0.2, -0.15) is 0 Å². The summed E-state index contributed by atoms with van der Waals surface area (Å²) in [6.45, 7) is 2.43. The standard InChI is InChI=1S/C15H19ClN2O2/c1-2-13(15(17)20)18-7-6-11(9-14(18)19)10-4-3-5-12(16)8-10/h3-5,8,11,13H,2,6-7,9H2,1H3,(H2,17,20). The van der Waals surface area contributed by atoms with Gasteiger partial charge in [0.2, 0.25) is 11.8 Å². The molecule has 2 amide bonds. The molecule has 20 heavy (non-hydrogen) atoms. The minimum absolute atomic E-state index is 0.00752. The molecule has 0 spiro atoms. The number of hydrogen-bond acceptors (Lipinski definition) is 2. The van der Waals surface area contributed by atoms with Crippen LogP contribution in [-0.4, -0.2) is 29.3 Å². The average molecular weight is 295 g/mol. The maximum absolute atomic E-state index is 12.3. The molecule has 2 N–H and O–H groups in total. The second-order valence-electron chi connectivity index (χ2n) is 5.16. The number of nitrogens with zero attached hydrogens (tertiary/aromatic N) is 1. The van der Waals surface area contributed by atoms with Crippen molar-refractivity contribution in [3.63, 3.8) is 0 Å². The monoisotopic (exact) mass is 294 g/mol. The van der Waals surface area contributed by atoms with Gasteiger partial charge in [-0.05, 0) is 36.5 Å². The first kappa shape index (κ1) is 14.9. The summed E-state index contributed by atoms with van der Waals surface area (Å²) in [5, 5.41) is 0.681. The number of primary amides is 1. The number of carbonyl (C=O) groups is 2. The van der Waals surface area contributed by atoms with E-state index in [4.69, 9.17) is 17.3 Å². The highest BCUT2D eigenvalue weighted by Crippen LogP contribution is 2.31. The number of rotatable bonds is 4. The van der Waals surface area contributed by atoms with Gasteiger partial charge in [0.05, 0.1) is 0 Å². The lowest BCUT2D eigenvalue weighted by molar-refractivity contribution is -0.142. The number of halogens is 1. The molecule has 2 unspecified atom stereocenters. The number of piperidine rings is 1. The zero-order chi connectivity index (χ0) is 14.7. The highest BCUT2D eigenvalue weighted by atomic mass is 35.5. The van der Waals surface area contributed by atoms with Crippen molar-refractivity contribution in [3.05, 3.63) is 34.9 Å². The van der Waals surface area contributed by atoms with Gasteiger partial charge in [-0.1, -0.05) is 30.7 Å². The van der Waals surface area contributed by atoms with Crippen LogP contribution in [0.25, 0.3) is 0 Å². The van der Waals surface area contributed by atoms with Gasteiger partial charge in [-0.3, -0.25) is 9.59 Å². The largest absolute Gasteiger partial charge is 0.368 e. The Morgan fingerprint density at radius 2 is 2.30 bits per heavy atom. The average Bonchev–Trinajstić information content (AvgIpc) is 2.41. The zero-order valence-corrected chi connectivity index (χ0v) is 12.3. The van der Waals surface area contributed by atoms with Crippen LogP contribution in [0.4, 0.5) is 0 Å². The van der Waals surface area contributed by atoms with Gasteiger partial charge in [0.1, 0.15) is 6.04 Å². The van der Waals surface area contributed by atoms with Crippen molar-refractivity contribution in [2.45, 2.75) is 38.1 Å². The predicted molar refractivity (Wildman–Crippen MR) is 78.4 cm³/mol. The maximum atomic E-state index is 12.3. The molecule has 0 aromatic heterocycles. The molecule has 1 aliphatic heterocycles. The highest BCUT2D eigenvalue weighted by molar-refractivity contribution is 6.30. The Hall–Kier alpha value is -1.55. The lowest BCUT2D eigenvalue weighted by Gasteiger charge is -2.36. The molecule has 108 valence electrons. The van der Waals surface area contributed by atoms with Crippen LogP contribution >= 0.6 is 11.6 Å². The molecule has 0 saturated carbocycles. The molecule has 0 aliphatic carbocycles. The summed E-state index contributed by atoms with van der Waals surface area (Å²) in [6, 6.07) is 7.13. The Labute approximate surface area is 123 Å². The topological polar surface area (TPSA) is 63.4 Å². The summed E-state index contributed by atoms with van der Waals surface area (Å²) in [7, 11) is 0. The van der Waals surface area contributed by atoms with E-state index < -0.39 is 11.9 Å². The molecule has 2 atom stereocenters. The number of likely N-dealkylation sites (tertiary alicyclic amines) is 1. The molecule has 0 radical (unpaired) electrons. The van der Waals surface area contributed by atoms with Crippen molar-refractivity contribution in [2.24, 2.45) is 5.73 Å². The summed E-state index contributed by atoms with van der Waals surface area (Å²) >= 11 is 5.99. The molecule has 1 saturated heterocycles. The van der Waals surface area contributed by atoms with E-state index in [9.17, 15) is 9.59 Å². The molecular weight excluding hydrogens is 276 g/mol. The van der Waals surface area contributed by atoms with Crippen LogP contribution in [0.5, 0.6) is 0 Å². The number of amides is 2. The summed E-state index contributed by atoms with van der Waals surface area (Å²) < 4.78 is 0. The Bertz CT molecular complexity index is 518. The third-order valence-corrected chi connectivity index (χ3v) is 4.11. The van der Waals surface area contributed by atoms with Crippen LogP contribution in [0.15, 0.2) is 24.3 Å². The van der Waals surface area contributed by atoms with E-state index >= 15 is 0 Å². The smallest absolute Gasteiger partial charge is 0.240 e. The molecule has 1 heterocycles. The van der Waals surface area contributed by atoms with Gasteiger partial charge >= 0.3 is 0 Å². The van der Waals surface area contributed by atoms with Crippen molar-refractivity contribution >= 4 is 23.4 Å². The quantitative estimate of drug-likeness (QED) is 0.926. The molecule has 5 heteroatoms. The maximum Gasteiger partial charge on any atom is 0.240 e. The fourth-order valence-electron chi connectivity index (χ4n) is 2.80. The van der Waals surface area contributed by atoms with E-state index in [0.717, 1.165) is 12.0 Å². The predicted octanol–water partition coefficient (Wildman–Crippen LogP) is 2.31. The van der Waals surface area contributed by atoms with Crippen molar-refractivity contribution in [1.29, 1.82) is 0 Å². The Kier molecular flexibility index (Phi) is 4.65. The SMILES string of the molecule is CCC(C(N)=O)N1CCC(c2cccc(Cl)c2)CC1=O. The number of nitrogens with two attached hydrogens (primary N) is 1. The third kappa shape index (κ3) is 3.12. The highest BCUT2D eigenvalue weighted by Gasteiger charge is 2.33. The minimum Gasteiger partial charge on any atom is -0.368 e. The van der Waals surface area contributed by atoms with E-state index in [1.807, 2.05) is 31.2 Å². The van der Waals surface area contributed by atoms with E-state index in [-0.39, 0.29) is 11.8 Å². The van der Waals surface area contributed by atoms with Gasteiger partial charge in [-0.15, -0.1) is 0 Å². The number of benzene rings is 1. The lowest BCUT2D eigenvalue weighted by Crippen LogP contribution is -2.50. The Morgan fingerprint density at radius 1 is 1.55 bits per heavy atom. The van der Waals surface area contributed by atoms with Crippen molar-refractivity contribution < 1.29 is 9.59 Å². The van der Waals surface area contributed by atoms with E-state index in [0.29, 0.717) is 24.4 Å². The summed E-state index contributed by atoms with van der Waals surface area (Å²) in [6.07, 6.45) is 1.79. The van der Waals surface area contributed by atoms with Crippen LogP contribution < -0.4 is 5.73 Å². The molecular formula is C15H19ClN2O2. The van der Waals surface area contributed by atoms with Crippen LogP contribution in [0.3, 0.4) is 0 Å². The molecule has 4 nitrogen and oxygen atoms in total. The van der Waals surface area contributed by atoms with E-state index in [1.54, 1.807) is 4.90 Å². The molecule has 1 fully saturated rings. The van der Waals surface area contributed by atoms with Gasteiger partial charge in [0.15, 0.2) is 0 Å². The number of carbonyl (C=O) groups excluding carboxylic acids is 2. The first-order valence-corrected chi connectivity index (χ1v) is 7.25. The fraction of sp³-hybridized carbons (Fsp3) is 0.467. The van der Waals surface area contributed by atoms with Gasteiger partial charge in [0.25, 0.3) is 0 Å². The van der Waals surface area contributed by atoms with Crippen LogP contribution in [0.1, 0.15) is 37.7 Å². The molecule has 1 aromatic carbocycles. The Morgan fingerprint density at radius 3 is 2.85 bits per heavy atom. The third-order valence-electron chi connectivity index (χ3n) is 3.87. The van der Waals surface area contributed by atoms with E-state index in [1.165, 1.54) is 0 Å². The summed E-state index contributed by atoms with van der Waals surface area (Å²) in [5.74, 6) is -0.267. The van der Waals surface area contributed by atoms with Crippen molar-refractivity contribution in [3.8, 4) is 0 Å². The second-order valence-corrected chi connectivity index (χ2v) is 5.59. The zero-order valence-electron chi connectivity index (χ0n) is 11.5. The van der Waals surface area contributed by atoms with Crippen LogP contribution in [0, 0.1) is 0 Å². The molecule has 0 bridgehead atoms. The molecule has 1 aromatic rings. The van der Waals surface area contributed by atoms with Gasteiger partial charge < -0.3 is 10.6 Å². The van der Waals surface area contributed by atoms with Crippen LogP contribution in [-0.2, 0) is 9.59 Å². The summed E-state index contributed by atoms with van der Waals surface area (Å²) in [5.41, 5.74) is 6.44. The second kappa shape index (κ2) is 6.27. The molecule has 1 aliphatic rings. The minimum atomic E-state index is -0.484. The number of hydrogen-bond donors (Lipinski definition) is 1. The fourth-order valence-corrected chi connectivity index (χ4v) is 3.00. The van der Waals surface area contributed by atoms with Crippen molar-refractivity contribution in [2.75, 3.05) is 6.54 Å². The van der Waals surface area contributed by atoms with Gasteiger partial charge in [-0.25, -0.2) is 0 Å². The van der Waals surface area contributed by atoms with Crippen molar-refractivity contribution in [1.82, 2.24) is 4.90 Å². The lowest BCUT2D eigenvalue weighted by atomic mass is 9.88. The van der Waals surface area contributed by atoms with Crippen LogP contribution in [0.2, 0.25) is 5.02 Å². The van der Waals surface area contributed by atoms with Gasteiger partial charge in [0, 0.05) is 18.0 Å². The first-order chi connectivity index (χ1) is 9.52. The Balaban J connectivity index is 2.09. The summed E-state index contributed by atoms with van der Waals surface area (Å²) in [4.78, 5) is 25.2.